The van der Waals surface area contributed by atoms with Crippen molar-refractivity contribution in [1.29, 1.82) is 0 Å². The van der Waals surface area contributed by atoms with Gasteiger partial charge < -0.3 is 0 Å². The maximum absolute atomic E-state index is 4.05. The van der Waals surface area contributed by atoms with Crippen LogP contribution >= 0.6 is 0 Å². The van der Waals surface area contributed by atoms with Gasteiger partial charge in [-0.05, 0) is 83.6 Å². The normalized spacial score (nSPS) is 8.56. The van der Waals surface area contributed by atoms with Gasteiger partial charge in [-0.3, -0.25) is 0 Å². The standard InChI is InChI=1S/C17H22.C10H16.C4H8.3C2H6.3C2H4.C2H2/c1-6-15-8-10-16(11-9-15)17(14(4)5)12-7-13(2)3;1-5-7-8-10(6-2)9(3)4;1-3-4-2;7*1-2/h7-12H,4,6H2,1-3,5H3;6-8H,3,5H2,1-2,4H3;3-4H,1-2H3;3*1-2H3;3*1-2H2;1-2H/b17-12+;8-7-,10-6+;4-3-;;;;;;;. The Labute approximate surface area is 287 Å². The zero-order valence-electron chi connectivity index (χ0n) is 33.1. The van der Waals surface area contributed by atoms with E-state index in [-0.39, 0.29) is 0 Å². The molecule has 0 aliphatic rings. The average Bonchev–Trinajstić information content (AvgIpc) is 3.11. The SMILES string of the molecule is C#C.C/C=C\C.C=C.C=C.C=C.C=C(C)/C(=C\C=C(C)C)c1ccc(CC)cc1.C=C(C)C(/C=C\CC)=C/C.CC.CC.CC. The Morgan fingerprint density at radius 3 is 1.24 bits per heavy atom. The minimum absolute atomic E-state index is 1.08. The first-order valence-corrected chi connectivity index (χ1v) is 16.2. The molecule has 0 heterocycles. The van der Waals surface area contributed by atoms with E-state index in [1.807, 2.05) is 81.4 Å². The van der Waals surface area contributed by atoms with E-state index in [0.717, 1.165) is 24.0 Å². The van der Waals surface area contributed by atoms with Crippen LogP contribution in [0.15, 0.2) is 142 Å². The number of hydrogen-bond acceptors (Lipinski definition) is 0. The second-order valence-corrected chi connectivity index (χ2v) is 7.66. The van der Waals surface area contributed by atoms with Crippen molar-refractivity contribution in [2.45, 2.75) is 117 Å². The van der Waals surface area contributed by atoms with E-state index in [9.17, 15) is 0 Å². The summed E-state index contributed by atoms with van der Waals surface area (Å²) >= 11 is 0. The van der Waals surface area contributed by atoms with Gasteiger partial charge >= 0.3 is 0 Å². The topological polar surface area (TPSA) is 0 Å². The van der Waals surface area contributed by atoms with Crippen LogP contribution in [0.3, 0.4) is 0 Å². The number of terminal acetylenes is 1. The summed E-state index contributed by atoms with van der Waals surface area (Å²) in [7, 11) is 0. The molecule has 0 atom stereocenters. The second-order valence-electron chi connectivity index (χ2n) is 7.66. The summed E-state index contributed by atoms with van der Waals surface area (Å²) in [6.07, 6.45) is 24.8. The fourth-order valence-electron chi connectivity index (χ4n) is 2.38. The van der Waals surface area contributed by atoms with Gasteiger partial charge in [0.15, 0.2) is 0 Å². The first-order valence-electron chi connectivity index (χ1n) is 16.2. The average molecular weight is 619 g/mol. The van der Waals surface area contributed by atoms with Gasteiger partial charge in [-0.25, -0.2) is 0 Å². The number of benzene rings is 1. The minimum atomic E-state index is 1.08. The van der Waals surface area contributed by atoms with Crippen LogP contribution in [0.25, 0.3) is 5.57 Å². The summed E-state index contributed by atoms with van der Waals surface area (Å²) in [5, 5.41) is 0. The fourth-order valence-corrected chi connectivity index (χ4v) is 2.38. The molecule has 1 aromatic carbocycles. The monoisotopic (exact) mass is 619 g/mol. The third-order valence-corrected chi connectivity index (χ3v) is 4.39. The largest absolute Gasteiger partial charge is 0.124 e. The molecule has 0 nitrogen and oxygen atoms in total. The van der Waals surface area contributed by atoms with Crippen molar-refractivity contribution in [3.8, 4) is 12.8 Å². The molecule has 45 heavy (non-hydrogen) atoms. The molecule has 0 aliphatic carbocycles. The second kappa shape index (κ2) is 67.7. The molecule has 0 amide bonds. The fraction of sp³-hybridized carbons (Fsp3) is 0.378. The van der Waals surface area contributed by atoms with Gasteiger partial charge in [0.2, 0.25) is 0 Å². The van der Waals surface area contributed by atoms with Crippen molar-refractivity contribution in [1.82, 2.24) is 0 Å². The first kappa shape index (κ1) is 64.2. The molecule has 0 fully saturated rings. The zero-order valence-corrected chi connectivity index (χ0v) is 33.1. The maximum atomic E-state index is 4.05. The van der Waals surface area contributed by atoms with Crippen LogP contribution in [-0.4, -0.2) is 0 Å². The molecule has 0 bridgehead atoms. The summed E-state index contributed by atoms with van der Waals surface area (Å²) in [5.41, 5.74) is 8.60. The highest BCUT2D eigenvalue weighted by Gasteiger charge is 2.01. The highest BCUT2D eigenvalue weighted by Crippen LogP contribution is 2.22. The Hall–Kier alpha value is -3.82. The van der Waals surface area contributed by atoms with Crippen LogP contribution in [-0.2, 0) is 6.42 Å². The summed E-state index contributed by atoms with van der Waals surface area (Å²) in [4.78, 5) is 0. The predicted octanol–water partition coefficient (Wildman–Crippen LogP) is 16.0. The molecular formula is C45H78. The highest BCUT2D eigenvalue weighted by molar-refractivity contribution is 5.79. The molecule has 0 N–H and O–H groups in total. The van der Waals surface area contributed by atoms with Crippen LogP contribution in [0.1, 0.15) is 121 Å². The van der Waals surface area contributed by atoms with E-state index in [0.29, 0.717) is 0 Å². The molecule has 0 aromatic heterocycles. The van der Waals surface area contributed by atoms with Gasteiger partial charge in [-0.15, -0.1) is 52.3 Å². The quantitative estimate of drug-likeness (QED) is 0.162. The van der Waals surface area contributed by atoms with Crippen molar-refractivity contribution in [3.63, 3.8) is 0 Å². The predicted molar refractivity (Wildman–Crippen MR) is 224 cm³/mol. The van der Waals surface area contributed by atoms with Crippen LogP contribution in [0, 0.1) is 12.8 Å². The van der Waals surface area contributed by atoms with E-state index in [1.165, 1.54) is 27.8 Å². The van der Waals surface area contributed by atoms with E-state index in [2.05, 4.69) is 155 Å². The van der Waals surface area contributed by atoms with Crippen molar-refractivity contribution in [3.05, 3.63) is 153 Å². The third kappa shape index (κ3) is 56.6. The molecule has 1 aromatic rings. The van der Waals surface area contributed by atoms with E-state index in [1.54, 1.807) is 0 Å². The Morgan fingerprint density at radius 2 is 1.02 bits per heavy atom. The number of hydrogen-bond donors (Lipinski definition) is 0. The maximum Gasteiger partial charge on any atom is -0.0161 e. The van der Waals surface area contributed by atoms with Gasteiger partial charge in [-0.1, -0.05) is 152 Å². The van der Waals surface area contributed by atoms with Crippen LogP contribution < -0.4 is 0 Å². The number of aryl methyl sites for hydroxylation is 1. The molecule has 0 saturated heterocycles. The van der Waals surface area contributed by atoms with E-state index >= 15 is 0 Å². The Bertz CT molecular complexity index is 861. The summed E-state index contributed by atoms with van der Waals surface area (Å²) in [6.45, 7) is 56.5. The third-order valence-electron chi connectivity index (χ3n) is 4.39. The van der Waals surface area contributed by atoms with Crippen molar-refractivity contribution in [2.24, 2.45) is 0 Å². The minimum Gasteiger partial charge on any atom is -0.124 e. The van der Waals surface area contributed by atoms with Crippen molar-refractivity contribution in [2.75, 3.05) is 0 Å². The van der Waals surface area contributed by atoms with E-state index < -0.39 is 0 Å². The molecule has 0 spiro atoms. The van der Waals surface area contributed by atoms with Crippen LogP contribution in [0.2, 0.25) is 0 Å². The van der Waals surface area contributed by atoms with Crippen molar-refractivity contribution < 1.29 is 0 Å². The van der Waals surface area contributed by atoms with Crippen molar-refractivity contribution >= 4 is 5.57 Å². The lowest BCUT2D eigenvalue weighted by Crippen LogP contribution is -1.87. The van der Waals surface area contributed by atoms with Gasteiger partial charge in [-0.2, -0.15) is 0 Å². The number of allylic oxidation sites excluding steroid dienone is 12. The molecule has 1 rings (SSSR count). The van der Waals surface area contributed by atoms with Gasteiger partial charge in [0.05, 0.1) is 0 Å². The summed E-state index contributed by atoms with van der Waals surface area (Å²) in [6, 6.07) is 8.74. The summed E-state index contributed by atoms with van der Waals surface area (Å²) < 4.78 is 0. The Balaban J connectivity index is -0.0000000566. The lowest BCUT2D eigenvalue weighted by Gasteiger charge is -2.07. The summed E-state index contributed by atoms with van der Waals surface area (Å²) in [5.74, 6) is 0. The van der Waals surface area contributed by atoms with E-state index in [4.69, 9.17) is 0 Å². The molecule has 0 aliphatic heterocycles. The molecule has 0 heteroatoms. The molecule has 0 radical (unpaired) electrons. The lowest BCUT2D eigenvalue weighted by molar-refractivity contribution is 1.14. The van der Waals surface area contributed by atoms with Gasteiger partial charge in [0, 0.05) is 0 Å². The van der Waals surface area contributed by atoms with Crippen LogP contribution in [0.4, 0.5) is 0 Å². The Morgan fingerprint density at radius 1 is 0.644 bits per heavy atom. The smallest absolute Gasteiger partial charge is 0.0161 e. The molecule has 0 saturated carbocycles. The zero-order chi connectivity index (χ0) is 38.2. The van der Waals surface area contributed by atoms with Gasteiger partial charge in [0.1, 0.15) is 0 Å². The lowest BCUT2D eigenvalue weighted by atomic mass is 9.98. The highest BCUT2D eigenvalue weighted by atomic mass is 14.1. The molecular weight excluding hydrogens is 540 g/mol. The first-order chi connectivity index (χ1) is 21.7. The Kier molecular flexibility index (Phi) is 96.6. The van der Waals surface area contributed by atoms with Gasteiger partial charge in [0.25, 0.3) is 0 Å². The molecule has 0 unspecified atom stereocenters. The van der Waals surface area contributed by atoms with Crippen LogP contribution in [0.5, 0.6) is 0 Å². The number of rotatable bonds is 7. The molecule has 258 valence electrons.